The van der Waals surface area contributed by atoms with Crippen molar-refractivity contribution in [1.29, 1.82) is 0 Å². The highest BCUT2D eigenvalue weighted by Crippen LogP contribution is 2.41. The van der Waals surface area contributed by atoms with Crippen molar-refractivity contribution >= 4 is 33.4 Å². The second kappa shape index (κ2) is 6.40. The van der Waals surface area contributed by atoms with Crippen molar-refractivity contribution in [3.05, 3.63) is 40.4 Å². The number of halogens is 1. The van der Waals surface area contributed by atoms with Crippen molar-refractivity contribution < 1.29 is 14.9 Å². The summed E-state index contributed by atoms with van der Waals surface area (Å²) in [7, 11) is 0. The zero-order chi connectivity index (χ0) is 16.6. The van der Waals surface area contributed by atoms with Crippen LogP contribution in [-0.4, -0.2) is 28.0 Å². The Labute approximate surface area is 139 Å². The summed E-state index contributed by atoms with van der Waals surface area (Å²) in [6.07, 6.45) is 0. The van der Waals surface area contributed by atoms with E-state index in [2.05, 4.69) is 11.5 Å². The molecule has 1 heterocycles. The molecule has 3 aromatic rings. The lowest BCUT2D eigenvalue weighted by Gasteiger charge is -2.14. The maximum Gasteiger partial charge on any atom is 0.134 e. The highest BCUT2D eigenvalue weighted by atomic mass is 35.5. The second-order valence-electron chi connectivity index (χ2n) is 5.54. The molecule has 23 heavy (non-hydrogen) atoms. The monoisotopic (exact) mass is 333 g/mol. The van der Waals surface area contributed by atoms with Crippen LogP contribution in [0.5, 0.6) is 5.75 Å². The van der Waals surface area contributed by atoms with Crippen LogP contribution in [0.2, 0.25) is 5.02 Å². The summed E-state index contributed by atoms with van der Waals surface area (Å²) in [5.41, 5.74) is 3.96. The molecule has 0 spiro atoms. The smallest absolute Gasteiger partial charge is 0.134 e. The first-order valence-electron chi connectivity index (χ1n) is 7.70. The summed E-state index contributed by atoms with van der Waals surface area (Å²) in [4.78, 5) is 0. The molecule has 0 radical (unpaired) electrons. The molecule has 0 atom stereocenters. The van der Waals surface area contributed by atoms with Gasteiger partial charge < -0.3 is 19.5 Å². The molecule has 122 valence electrons. The first-order valence-corrected chi connectivity index (χ1v) is 8.08. The Morgan fingerprint density at radius 1 is 1.22 bits per heavy atom. The van der Waals surface area contributed by atoms with E-state index in [9.17, 15) is 5.11 Å². The molecule has 0 aliphatic rings. The fourth-order valence-corrected chi connectivity index (χ4v) is 3.45. The Morgan fingerprint density at radius 2 is 2.00 bits per heavy atom. The number of rotatable bonds is 5. The minimum Gasteiger partial charge on any atom is -0.490 e. The maximum absolute atomic E-state index is 9.72. The zero-order valence-electron chi connectivity index (χ0n) is 13.3. The van der Waals surface area contributed by atoms with Gasteiger partial charge in [0, 0.05) is 28.0 Å². The van der Waals surface area contributed by atoms with Crippen LogP contribution in [0.15, 0.2) is 24.3 Å². The number of aromatic nitrogens is 1. The van der Waals surface area contributed by atoms with Crippen molar-refractivity contribution in [2.24, 2.45) is 0 Å². The van der Waals surface area contributed by atoms with Crippen molar-refractivity contribution in [1.82, 2.24) is 4.57 Å². The summed E-state index contributed by atoms with van der Waals surface area (Å²) < 4.78 is 8.01. The topological polar surface area (TPSA) is 54.6 Å². The van der Waals surface area contributed by atoms with Crippen LogP contribution < -0.4 is 4.74 Å². The predicted molar refractivity (Wildman–Crippen MR) is 93.4 cm³/mol. The lowest BCUT2D eigenvalue weighted by molar-refractivity contribution is 0.197. The highest BCUT2D eigenvalue weighted by molar-refractivity contribution is 6.32. The minimum absolute atomic E-state index is 0.0760. The third-order valence-corrected chi connectivity index (χ3v) is 4.37. The molecule has 0 saturated carbocycles. The summed E-state index contributed by atoms with van der Waals surface area (Å²) in [6, 6.07) is 7.76. The molecule has 0 fully saturated rings. The Morgan fingerprint density at radius 3 is 2.65 bits per heavy atom. The van der Waals surface area contributed by atoms with Crippen molar-refractivity contribution in [2.75, 3.05) is 13.2 Å². The van der Waals surface area contributed by atoms with Gasteiger partial charge in [0.05, 0.1) is 24.1 Å². The average Bonchev–Trinajstić information content (AvgIpc) is 2.88. The number of aryl methyl sites for hydroxylation is 2. The Kier molecular flexibility index (Phi) is 4.48. The van der Waals surface area contributed by atoms with E-state index in [4.69, 9.17) is 21.4 Å². The molecule has 3 rings (SSSR count). The lowest BCUT2D eigenvalue weighted by atomic mass is 10.0. The van der Waals surface area contributed by atoms with Gasteiger partial charge in [-0.1, -0.05) is 11.6 Å². The van der Waals surface area contributed by atoms with Crippen molar-refractivity contribution in [3.8, 4) is 5.75 Å². The van der Waals surface area contributed by atoms with Gasteiger partial charge >= 0.3 is 0 Å². The Balaban J connectivity index is 2.49. The van der Waals surface area contributed by atoms with Crippen LogP contribution >= 0.6 is 11.6 Å². The molecule has 0 unspecified atom stereocenters. The van der Waals surface area contributed by atoms with E-state index in [1.54, 1.807) is 0 Å². The molecule has 0 bridgehead atoms. The van der Waals surface area contributed by atoms with E-state index in [1.807, 2.05) is 31.2 Å². The molecule has 1 aromatic heterocycles. The van der Waals surface area contributed by atoms with Crippen molar-refractivity contribution in [3.63, 3.8) is 0 Å². The molecule has 0 aliphatic carbocycles. The quantitative estimate of drug-likeness (QED) is 0.749. The van der Waals surface area contributed by atoms with Crippen LogP contribution in [0, 0.1) is 6.92 Å². The fourth-order valence-electron chi connectivity index (χ4n) is 3.28. The van der Waals surface area contributed by atoms with Gasteiger partial charge in [0.15, 0.2) is 0 Å². The van der Waals surface area contributed by atoms with Crippen LogP contribution in [-0.2, 0) is 13.2 Å². The summed E-state index contributed by atoms with van der Waals surface area (Å²) in [6.45, 7) is 4.94. The number of benzene rings is 2. The Bertz CT molecular complexity index is 870. The predicted octanol–water partition coefficient (Wildman–Crippen LogP) is 3.64. The minimum atomic E-state index is -0.114. The standard InChI is InChI=1S/C18H20ClNO3/c1-3-20-15-5-4-13(19)9-14(15)16-17(20)11(2)8-12(10-22)18(16)23-7-6-21/h4-5,8-9,21-22H,3,6-7,10H2,1-2H3. The van der Waals surface area contributed by atoms with Gasteiger partial charge in [0.1, 0.15) is 12.4 Å². The second-order valence-corrected chi connectivity index (χ2v) is 5.98. The van der Waals surface area contributed by atoms with E-state index in [0.29, 0.717) is 10.8 Å². The normalized spacial score (nSPS) is 11.5. The van der Waals surface area contributed by atoms with Gasteiger partial charge in [-0.15, -0.1) is 0 Å². The SMILES string of the molecule is CCn1c2ccc(Cl)cc2c2c(OCCO)c(CO)cc(C)c21. The molecule has 5 heteroatoms. The van der Waals surface area contributed by atoms with Crippen LogP contribution in [0.1, 0.15) is 18.1 Å². The van der Waals surface area contributed by atoms with Crippen LogP contribution in [0.4, 0.5) is 0 Å². The first-order chi connectivity index (χ1) is 11.1. The molecule has 0 aliphatic heterocycles. The first kappa shape index (κ1) is 16.1. The third kappa shape index (κ3) is 2.57. The van der Waals surface area contributed by atoms with Gasteiger partial charge in [-0.25, -0.2) is 0 Å². The number of aliphatic hydroxyl groups excluding tert-OH is 2. The number of aliphatic hydroxyl groups is 2. The average molecular weight is 334 g/mol. The molecule has 4 nitrogen and oxygen atoms in total. The maximum atomic E-state index is 9.72. The van der Waals surface area contributed by atoms with E-state index in [1.165, 1.54) is 0 Å². The van der Waals surface area contributed by atoms with Crippen LogP contribution in [0.25, 0.3) is 21.8 Å². The number of hydrogen-bond donors (Lipinski definition) is 2. The highest BCUT2D eigenvalue weighted by Gasteiger charge is 2.19. The molecular weight excluding hydrogens is 314 g/mol. The van der Waals surface area contributed by atoms with Gasteiger partial charge in [0.25, 0.3) is 0 Å². The summed E-state index contributed by atoms with van der Waals surface area (Å²) in [5.74, 6) is 0.626. The number of ether oxygens (including phenoxy) is 1. The third-order valence-electron chi connectivity index (χ3n) is 4.13. The summed E-state index contributed by atoms with van der Waals surface area (Å²) in [5, 5.41) is 21.4. The van der Waals surface area contributed by atoms with Gasteiger partial charge in [-0.2, -0.15) is 0 Å². The number of nitrogens with zero attached hydrogens (tertiary/aromatic N) is 1. The molecule has 0 amide bonds. The molecule has 0 saturated heterocycles. The molecular formula is C18H20ClNO3. The van der Waals surface area contributed by atoms with E-state index in [0.717, 1.165) is 39.5 Å². The van der Waals surface area contributed by atoms with Gasteiger partial charge in [-0.3, -0.25) is 0 Å². The lowest BCUT2D eigenvalue weighted by Crippen LogP contribution is -2.05. The van der Waals surface area contributed by atoms with E-state index < -0.39 is 0 Å². The largest absolute Gasteiger partial charge is 0.490 e. The number of hydrogen-bond acceptors (Lipinski definition) is 3. The number of fused-ring (bicyclic) bond motifs is 3. The van der Waals surface area contributed by atoms with E-state index in [-0.39, 0.29) is 19.8 Å². The zero-order valence-corrected chi connectivity index (χ0v) is 14.0. The van der Waals surface area contributed by atoms with Gasteiger partial charge in [0.2, 0.25) is 0 Å². The Hall–Kier alpha value is -1.75. The fraction of sp³-hybridized carbons (Fsp3) is 0.333. The molecule has 2 aromatic carbocycles. The molecule has 2 N–H and O–H groups in total. The van der Waals surface area contributed by atoms with Crippen molar-refractivity contribution in [2.45, 2.75) is 27.0 Å². The van der Waals surface area contributed by atoms with Gasteiger partial charge in [-0.05, 0) is 43.7 Å². The van der Waals surface area contributed by atoms with E-state index >= 15 is 0 Å². The summed E-state index contributed by atoms with van der Waals surface area (Å²) >= 11 is 6.20. The van der Waals surface area contributed by atoms with Crippen LogP contribution in [0.3, 0.4) is 0 Å².